The number of alkyl halides is 1. The summed E-state index contributed by atoms with van der Waals surface area (Å²) < 4.78 is 1.32. The van der Waals surface area contributed by atoms with Crippen molar-refractivity contribution in [2.24, 2.45) is 11.8 Å². The molecule has 0 bridgehead atoms. The first kappa shape index (κ1) is 13.7. The van der Waals surface area contributed by atoms with E-state index in [1.165, 1.54) is 43.0 Å². The summed E-state index contributed by atoms with van der Waals surface area (Å²) in [5.74, 6) is 1.91. The Labute approximate surface area is 98.0 Å². The van der Waals surface area contributed by atoms with Crippen LogP contribution in [0.3, 0.4) is 0 Å². The molecule has 0 aromatic rings. The SMILES string of the molecule is CCC[C@@H](C)CCC[C@@H](C)CCI. The molecule has 0 spiro atoms. The van der Waals surface area contributed by atoms with Gasteiger partial charge in [-0.25, -0.2) is 0 Å². The van der Waals surface area contributed by atoms with E-state index < -0.39 is 0 Å². The highest BCUT2D eigenvalue weighted by Crippen LogP contribution is 2.18. The van der Waals surface area contributed by atoms with Gasteiger partial charge in [-0.2, -0.15) is 0 Å². The Morgan fingerprint density at radius 3 is 1.92 bits per heavy atom. The minimum Gasteiger partial charge on any atom is -0.0864 e. The van der Waals surface area contributed by atoms with Crippen LogP contribution in [-0.2, 0) is 0 Å². The number of hydrogen-bond donors (Lipinski definition) is 0. The van der Waals surface area contributed by atoms with Crippen molar-refractivity contribution in [1.29, 1.82) is 0 Å². The highest BCUT2D eigenvalue weighted by atomic mass is 127. The van der Waals surface area contributed by atoms with Crippen LogP contribution in [0, 0.1) is 11.8 Å². The van der Waals surface area contributed by atoms with Gasteiger partial charge in [0.25, 0.3) is 0 Å². The topological polar surface area (TPSA) is 0 Å². The summed E-state index contributed by atoms with van der Waals surface area (Å²) in [6.45, 7) is 7.07. The zero-order chi connectivity index (χ0) is 10.1. The molecule has 0 fully saturated rings. The molecule has 1 heteroatoms. The Balaban J connectivity index is 3.23. The van der Waals surface area contributed by atoms with Gasteiger partial charge in [-0.15, -0.1) is 0 Å². The summed E-state index contributed by atoms with van der Waals surface area (Å²) >= 11 is 2.48. The highest BCUT2D eigenvalue weighted by Gasteiger charge is 2.03. The molecule has 0 nitrogen and oxygen atoms in total. The monoisotopic (exact) mass is 296 g/mol. The predicted molar refractivity (Wildman–Crippen MR) is 70.6 cm³/mol. The first-order valence-corrected chi connectivity index (χ1v) is 7.29. The molecule has 2 atom stereocenters. The molecule has 0 aromatic heterocycles. The van der Waals surface area contributed by atoms with Gasteiger partial charge in [-0.1, -0.05) is 75.5 Å². The lowest BCUT2D eigenvalue weighted by Gasteiger charge is -2.12. The Bertz CT molecular complexity index is 89.3. The molecule has 0 N–H and O–H groups in total. The van der Waals surface area contributed by atoms with E-state index in [-0.39, 0.29) is 0 Å². The summed E-state index contributed by atoms with van der Waals surface area (Å²) in [4.78, 5) is 0. The van der Waals surface area contributed by atoms with Crippen LogP contribution in [0.5, 0.6) is 0 Å². The Morgan fingerprint density at radius 1 is 0.923 bits per heavy atom. The van der Waals surface area contributed by atoms with Crippen LogP contribution in [0.25, 0.3) is 0 Å². The second-order valence-electron chi connectivity index (χ2n) is 4.41. The molecule has 80 valence electrons. The number of rotatable bonds is 8. The molecule has 0 rings (SSSR count). The van der Waals surface area contributed by atoms with E-state index in [9.17, 15) is 0 Å². The minimum absolute atomic E-state index is 0.950. The largest absolute Gasteiger partial charge is 0.0864 e. The van der Waals surface area contributed by atoms with Crippen molar-refractivity contribution < 1.29 is 0 Å². The molecule has 0 aromatic carbocycles. The van der Waals surface area contributed by atoms with E-state index in [1.807, 2.05) is 0 Å². The third-order valence-electron chi connectivity index (χ3n) is 2.78. The van der Waals surface area contributed by atoms with Gasteiger partial charge in [0.2, 0.25) is 0 Å². The summed E-state index contributed by atoms with van der Waals surface area (Å²) in [6.07, 6.45) is 8.50. The third-order valence-corrected chi connectivity index (χ3v) is 3.40. The average Bonchev–Trinajstić information content (AvgIpc) is 2.05. The first-order chi connectivity index (χ1) is 6.20. The fourth-order valence-electron chi connectivity index (χ4n) is 1.78. The fourth-order valence-corrected chi connectivity index (χ4v) is 2.85. The van der Waals surface area contributed by atoms with Gasteiger partial charge < -0.3 is 0 Å². The predicted octanol–water partition coefficient (Wildman–Crippen LogP) is 5.05. The highest BCUT2D eigenvalue weighted by molar-refractivity contribution is 14.1. The van der Waals surface area contributed by atoms with Gasteiger partial charge in [0.05, 0.1) is 0 Å². The zero-order valence-corrected chi connectivity index (χ0v) is 11.6. The van der Waals surface area contributed by atoms with E-state index in [4.69, 9.17) is 0 Å². The maximum absolute atomic E-state index is 2.48. The van der Waals surface area contributed by atoms with Crippen LogP contribution in [0.2, 0.25) is 0 Å². The van der Waals surface area contributed by atoms with Crippen molar-refractivity contribution in [3.63, 3.8) is 0 Å². The van der Waals surface area contributed by atoms with Crippen molar-refractivity contribution in [3.8, 4) is 0 Å². The Morgan fingerprint density at radius 2 is 1.46 bits per heavy atom. The normalized spacial score (nSPS) is 15.7. The average molecular weight is 296 g/mol. The van der Waals surface area contributed by atoms with Gasteiger partial charge in [0.1, 0.15) is 0 Å². The lowest BCUT2D eigenvalue weighted by Crippen LogP contribution is -1.99. The second kappa shape index (κ2) is 9.29. The van der Waals surface area contributed by atoms with Crippen molar-refractivity contribution >= 4 is 22.6 Å². The van der Waals surface area contributed by atoms with E-state index in [2.05, 4.69) is 43.4 Å². The smallest absolute Gasteiger partial charge is 0.000219 e. The maximum atomic E-state index is 2.48. The molecule has 0 saturated carbocycles. The standard InChI is InChI=1S/C12H25I/c1-4-6-11(2)7-5-8-12(3)9-10-13/h11-12H,4-10H2,1-3H3/t11-,12-/m1/s1. The molecule has 13 heavy (non-hydrogen) atoms. The summed E-state index contributed by atoms with van der Waals surface area (Å²) in [5.41, 5.74) is 0. The van der Waals surface area contributed by atoms with Crippen LogP contribution in [-0.4, -0.2) is 4.43 Å². The third kappa shape index (κ3) is 9.04. The van der Waals surface area contributed by atoms with Crippen LogP contribution in [0.4, 0.5) is 0 Å². The maximum Gasteiger partial charge on any atom is -0.000219 e. The van der Waals surface area contributed by atoms with E-state index in [1.54, 1.807) is 0 Å². The Hall–Kier alpha value is 0.730. The van der Waals surface area contributed by atoms with Gasteiger partial charge in [-0.05, 0) is 22.7 Å². The molecule has 0 aliphatic rings. The molecular weight excluding hydrogens is 271 g/mol. The Kier molecular flexibility index (Phi) is 9.81. The minimum atomic E-state index is 0.950. The van der Waals surface area contributed by atoms with Crippen molar-refractivity contribution in [1.82, 2.24) is 0 Å². The number of halogens is 1. The first-order valence-electron chi connectivity index (χ1n) is 5.76. The molecule has 0 heterocycles. The van der Waals surface area contributed by atoms with Gasteiger partial charge in [0, 0.05) is 0 Å². The lowest BCUT2D eigenvalue weighted by atomic mass is 9.95. The summed E-state index contributed by atoms with van der Waals surface area (Å²) in [7, 11) is 0. The van der Waals surface area contributed by atoms with Crippen molar-refractivity contribution in [3.05, 3.63) is 0 Å². The van der Waals surface area contributed by atoms with E-state index in [0.29, 0.717) is 0 Å². The van der Waals surface area contributed by atoms with Crippen LogP contribution in [0.15, 0.2) is 0 Å². The van der Waals surface area contributed by atoms with Gasteiger partial charge in [0.15, 0.2) is 0 Å². The molecule has 0 unspecified atom stereocenters. The molecule has 0 aliphatic carbocycles. The van der Waals surface area contributed by atoms with Crippen LogP contribution in [0.1, 0.15) is 59.3 Å². The van der Waals surface area contributed by atoms with Gasteiger partial charge in [-0.3, -0.25) is 0 Å². The molecule has 0 amide bonds. The van der Waals surface area contributed by atoms with E-state index >= 15 is 0 Å². The quantitative estimate of drug-likeness (QED) is 0.434. The van der Waals surface area contributed by atoms with Crippen molar-refractivity contribution in [2.75, 3.05) is 4.43 Å². The molecular formula is C12H25I. The van der Waals surface area contributed by atoms with E-state index in [0.717, 1.165) is 11.8 Å². The molecule has 0 radical (unpaired) electrons. The molecule has 0 saturated heterocycles. The second-order valence-corrected chi connectivity index (χ2v) is 5.49. The van der Waals surface area contributed by atoms with Crippen molar-refractivity contribution in [2.45, 2.75) is 59.3 Å². The lowest BCUT2D eigenvalue weighted by molar-refractivity contribution is 0.418. The fraction of sp³-hybridized carbons (Fsp3) is 1.00. The van der Waals surface area contributed by atoms with Crippen LogP contribution < -0.4 is 0 Å². The summed E-state index contributed by atoms with van der Waals surface area (Å²) in [5, 5.41) is 0. The van der Waals surface area contributed by atoms with Gasteiger partial charge >= 0.3 is 0 Å². The molecule has 0 aliphatic heterocycles. The zero-order valence-electron chi connectivity index (χ0n) is 9.48. The number of hydrogen-bond acceptors (Lipinski definition) is 0. The summed E-state index contributed by atoms with van der Waals surface area (Å²) in [6, 6.07) is 0. The van der Waals surface area contributed by atoms with Crippen LogP contribution >= 0.6 is 22.6 Å².